The monoisotopic (exact) mass is 350 g/mol. The first-order valence-corrected chi connectivity index (χ1v) is 9.21. The minimum absolute atomic E-state index is 0.00193. The number of ether oxygens (including phenoxy) is 1. The van der Waals surface area contributed by atoms with Crippen LogP contribution >= 0.6 is 0 Å². The highest BCUT2D eigenvalue weighted by Gasteiger charge is 2.62. The Kier molecular flexibility index (Phi) is 4.34. The predicted molar refractivity (Wildman–Crippen MR) is 84.1 cm³/mol. The van der Waals surface area contributed by atoms with Gasteiger partial charge in [0.15, 0.2) is 0 Å². The van der Waals surface area contributed by atoms with E-state index in [0.29, 0.717) is 24.2 Å². The summed E-state index contributed by atoms with van der Waals surface area (Å²) in [5.74, 6) is 0.467. The van der Waals surface area contributed by atoms with Gasteiger partial charge in [-0.05, 0) is 36.5 Å². The van der Waals surface area contributed by atoms with Gasteiger partial charge in [-0.1, -0.05) is 12.1 Å². The summed E-state index contributed by atoms with van der Waals surface area (Å²) in [6.07, 6.45) is 1.95. The summed E-state index contributed by atoms with van der Waals surface area (Å²) in [5.41, 5.74) is 2.09. The lowest BCUT2D eigenvalue weighted by atomic mass is 9.48. The topological polar surface area (TPSA) is 105 Å². The second kappa shape index (κ2) is 6.16. The maximum absolute atomic E-state index is 12.1. The van der Waals surface area contributed by atoms with Crippen LogP contribution in [0.4, 0.5) is 0 Å². The summed E-state index contributed by atoms with van der Waals surface area (Å²) in [6.45, 7) is 0. The van der Waals surface area contributed by atoms with Crippen LogP contribution in [0.5, 0.6) is 5.75 Å². The van der Waals surface area contributed by atoms with Crippen molar-refractivity contribution in [3.63, 3.8) is 0 Å². The minimum atomic E-state index is -3.95. The molecule has 0 amide bonds. The summed E-state index contributed by atoms with van der Waals surface area (Å²) in [4.78, 5) is 11.8. The van der Waals surface area contributed by atoms with Gasteiger partial charge in [-0.15, -0.1) is 0 Å². The Bertz CT molecular complexity index is 784. The van der Waals surface area contributed by atoms with Gasteiger partial charge < -0.3 is 4.74 Å². The highest BCUT2D eigenvalue weighted by Crippen LogP contribution is 2.59. The molecule has 2 fully saturated rings. The molecule has 3 atom stereocenters. The molecule has 1 aromatic carbocycles. The maximum Gasteiger partial charge on any atom is 0.284 e. The third kappa shape index (κ3) is 2.90. The average Bonchev–Trinajstić information content (AvgIpc) is 2.58. The minimum Gasteiger partial charge on any atom is -0.497 e. The van der Waals surface area contributed by atoms with Crippen molar-refractivity contribution in [3.8, 4) is 11.8 Å². The van der Waals surface area contributed by atoms with E-state index < -0.39 is 21.6 Å². The van der Waals surface area contributed by atoms with Crippen molar-refractivity contribution < 1.29 is 22.2 Å². The number of ketones is 1. The zero-order valence-corrected chi connectivity index (χ0v) is 14.0. The standard InChI is InChI=1S/C16H18N2O5S/c1-22-13-4-2-11(3-5-13)14(9-17)18-23-24(20,21)10-16-7-6-12(16)8-15(16)19/h2-5,12,14,18H,6-8,10H2,1H3. The Labute approximate surface area is 140 Å². The third-order valence-electron chi connectivity index (χ3n) is 5.01. The number of hydroxylamine groups is 1. The molecule has 2 aliphatic carbocycles. The van der Waals surface area contributed by atoms with Gasteiger partial charge in [0.2, 0.25) is 0 Å². The van der Waals surface area contributed by atoms with Gasteiger partial charge in [0.05, 0.1) is 18.9 Å². The number of carbonyl (C=O) groups is 1. The Morgan fingerprint density at radius 1 is 1.42 bits per heavy atom. The van der Waals surface area contributed by atoms with Crippen molar-refractivity contribution in [1.29, 1.82) is 5.26 Å². The van der Waals surface area contributed by atoms with Crippen LogP contribution < -0.4 is 10.2 Å². The van der Waals surface area contributed by atoms with Gasteiger partial charge in [0.25, 0.3) is 10.1 Å². The number of rotatable bonds is 7. The van der Waals surface area contributed by atoms with Crippen molar-refractivity contribution in [2.45, 2.75) is 25.3 Å². The zero-order valence-electron chi connectivity index (χ0n) is 13.2. The molecule has 0 saturated heterocycles. The fourth-order valence-corrected chi connectivity index (χ4v) is 4.83. The van der Waals surface area contributed by atoms with E-state index in [2.05, 4.69) is 5.48 Å². The van der Waals surface area contributed by atoms with Crippen LogP contribution in [0, 0.1) is 22.7 Å². The highest BCUT2D eigenvalue weighted by molar-refractivity contribution is 7.86. The first-order chi connectivity index (χ1) is 11.4. The smallest absolute Gasteiger partial charge is 0.284 e. The molecule has 0 radical (unpaired) electrons. The van der Waals surface area contributed by atoms with Crippen LogP contribution in [0.25, 0.3) is 0 Å². The molecule has 0 bridgehead atoms. The Morgan fingerprint density at radius 2 is 2.12 bits per heavy atom. The van der Waals surface area contributed by atoms with Crippen molar-refractivity contribution in [3.05, 3.63) is 29.8 Å². The molecule has 3 rings (SSSR count). The molecule has 2 saturated carbocycles. The Balaban J connectivity index is 1.62. The molecule has 0 heterocycles. The van der Waals surface area contributed by atoms with E-state index in [1.807, 2.05) is 6.07 Å². The van der Waals surface area contributed by atoms with Crippen LogP contribution in [-0.2, 0) is 19.2 Å². The molecule has 1 aromatic rings. The van der Waals surface area contributed by atoms with Crippen LogP contribution in [-0.4, -0.2) is 27.1 Å². The number of methoxy groups -OCH3 is 1. The first kappa shape index (κ1) is 16.9. The maximum atomic E-state index is 12.1. The summed E-state index contributed by atoms with van der Waals surface area (Å²) < 4.78 is 34.1. The summed E-state index contributed by atoms with van der Waals surface area (Å²) >= 11 is 0. The molecule has 2 aliphatic rings. The van der Waals surface area contributed by atoms with Gasteiger partial charge in [-0.3, -0.25) is 4.79 Å². The van der Waals surface area contributed by atoms with Crippen LogP contribution in [0.2, 0.25) is 0 Å². The fourth-order valence-electron chi connectivity index (χ4n) is 3.36. The number of nitrogens with zero attached hydrogens (tertiary/aromatic N) is 1. The average molecular weight is 350 g/mol. The number of Topliss-reactive ketones (excluding diaryl/α,β-unsaturated/α-hetero) is 1. The molecule has 24 heavy (non-hydrogen) atoms. The number of hydrogen-bond acceptors (Lipinski definition) is 7. The molecule has 128 valence electrons. The number of benzene rings is 1. The normalized spacial score (nSPS) is 26.5. The summed E-state index contributed by atoms with van der Waals surface area (Å²) in [7, 11) is -2.42. The van der Waals surface area contributed by atoms with Gasteiger partial charge in [-0.25, -0.2) is 0 Å². The second-order valence-corrected chi connectivity index (χ2v) is 7.83. The lowest BCUT2D eigenvalue weighted by molar-refractivity contribution is -0.157. The van der Waals surface area contributed by atoms with Gasteiger partial charge in [0.1, 0.15) is 17.6 Å². The van der Waals surface area contributed by atoms with E-state index in [9.17, 15) is 18.5 Å². The Hall–Kier alpha value is -1.95. The van der Waals surface area contributed by atoms with Crippen LogP contribution in [0.15, 0.2) is 24.3 Å². The SMILES string of the molecule is COc1ccc(C(C#N)NOS(=O)(=O)CC23CCC2CC3=O)cc1. The molecular formula is C16H18N2O5S. The number of nitrogens with one attached hydrogen (secondary N) is 1. The summed E-state index contributed by atoms with van der Waals surface area (Å²) in [5, 5.41) is 9.22. The second-order valence-electron chi connectivity index (χ2n) is 6.26. The molecule has 0 aliphatic heterocycles. The molecule has 0 spiro atoms. The van der Waals surface area contributed by atoms with Gasteiger partial charge in [0, 0.05) is 11.8 Å². The lowest BCUT2D eigenvalue weighted by Gasteiger charge is -2.56. The van der Waals surface area contributed by atoms with Gasteiger partial charge in [-0.2, -0.15) is 23.4 Å². The van der Waals surface area contributed by atoms with E-state index >= 15 is 0 Å². The largest absolute Gasteiger partial charge is 0.497 e. The lowest BCUT2D eigenvalue weighted by Crippen LogP contribution is -2.60. The van der Waals surface area contributed by atoms with E-state index in [-0.39, 0.29) is 17.5 Å². The van der Waals surface area contributed by atoms with Gasteiger partial charge >= 0.3 is 0 Å². The van der Waals surface area contributed by atoms with Crippen molar-refractivity contribution in [2.75, 3.05) is 12.9 Å². The number of carbonyl (C=O) groups excluding carboxylic acids is 1. The van der Waals surface area contributed by atoms with E-state index in [4.69, 9.17) is 9.02 Å². The van der Waals surface area contributed by atoms with E-state index in [0.717, 1.165) is 6.42 Å². The van der Waals surface area contributed by atoms with Crippen LogP contribution in [0.3, 0.4) is 0 Å². The number of fused-ring (bicyclic) bond motifs is 1. The molecule has 1 N–H and O–H groups in total. The van der Waals surface area contributed by atoms with Crippen molar-refractivity contribution in [2.24, 2.45) is 11.3 Å². The highest BCUT2D eigenvalue weighted by atomic mass is 32.2. The molecule has 0 aromatic heterocycles. The quantitative estimate of drug-likeness (QED) is 0.742. The van der Waals surface area contributed by atoms with E-state index in [1.165, 1.54) is 7.11 Å². The predicted octanol–water partition coefficient (Wildman–Crippen LogP) is 1.48. The van der Waals surface area contributed by atoms with Crippen LogP contribution in [0.1, 0.15) is 30.9 Å². The fraction of sp³-hybridized carbons (Fsp3) is 0.500. The van der Waals surface area contributed by atoms with Crippen molar-refractivity contribution >= 4 is 15.9 Å². The van der Waals surface area contributed by atoms with E-state index in [1.54, 1.807) is 24.3 Å². The Morgan fingerprint density at radius 3 is 2.58 bits per heavy atom. The molecule has 7 nitrogen and oxygen atoms in total. The molecular weight excluding hydrogens is 332 g/mol. The number of hydrogen-bond donors (Lipinski definition) is 1. The zero-order chi connectivity index (χ0) is 17.4. The molecule has 8 heteroatoms. The van der Waals surface area contributed by atoms with Crippen molar-refractivity contribution in [1.82, 2.24) is 5.48 Å². The molecule has 3 unspecified atom stereocenters. The summed E-state index contributed by atoms with van der Waals surface area (Å²) in [6, 6.07) is 7.62. The third-order valence-corrected chi connectivity index (χ3v) is 6.23. The first-order valence-electron chi connectivity index (χ1n) is 7.64. The number of nitriles is 1.